The molecule has 1 aliphatic rings. The Labute approximate surface area is 144 Å². The maximum absolute atomic E-state index is 12.7. The number of aliphatic carboxylic acids is 1. The molecule has 0 unspecified atom stereocenters. The first-order valence-electron chi connectivity index (χ1n) is 8.35. The molecule has 3 rings (SSSR count). The van der Waals surface area contributed by atoms with Crippen LogP contribution in [0.3, 0.4) is 0 Å². The number of nitrogens with zero attached hydrogens (tertiary/aromatic N) is 2. The summed E-state index contributed by atoms with van der Waals surface area (Å²) in [6.45, 7) is 4.03. The Morgan fingerprint density at radius 1 is 1.46 bits per heavy atom. The van der Waals surface area contributed by atoms with Crippen molar-refractivity contribution in [1.82, 2.24) is 15.1 Å². The zero-order valence-electron chi connectivity index (χ0n) is 14.3. The molecule has 0 aliphatic heterocycles. The minimum absolute atomic E-state index is 0.298. The smallest absolute Gasteiger partial charge is 0.329 e. The maximum atomic E-state index is 12.7. The Bertz CT molecular complexity index is 750. The Morgan fingerprint density at radius 2 is 2.12 bits per heavy atom. The van der Waals surface area contributed by atoms with Crippen LogP contribution < -0.4 is 5.32 Å². The summed E-state index contributed by atoms with van der Waals surface area (Å²) in [6, 6.07) is 1.81. The fourth-order valence-corrected chi connectivity index (χ4v) is 4.59. The number of carboxylic acid groups (broad SMARTS) is 1. The molecule has 2 heterocycles. The van der Waals surface area contributed by atoms with Crippen molar-refractivity contribution in [2.24, 2.45) is 13.0 Å². The Kier molecular flexibility index (Phi) is 4.38. The van der Waals surface area contributed by atoms with Crippen molar-refractivity contribution in [1.29, 1.82) is 0 Å². The molecule has 0 saturated heterocycles. The third kappa shape index (κ3) is 2.81. The number of aromatic nitrogens is 2. The number of aryl methyl sites for hydroxylation is 2. The molecule has 2 N–H and O–H groups in total. The molecule has 2 aromatic heterocycles. The largest absolute Gasteiger partial charge is 0.480 e. The average Bonchev–Trinajstić information content (AvgIpc) is 3.10. The predicted molar refractivity (Wildman–Crippen MR) is 93.4 cm³/mol. The lowest BCUT2D eigenvalue weighted by Gasteiger charge is -2.37. The van der Waals surface area contributed by atoms with E-state index < -0.39 is 11.5 Å². The van der Waals surface area contributed by atoms with Crippen LogP contribution in [0.15, 0.2) is 6.07 Å². The van der Waals surface area contributed by atoms with Gasteiger partial charge >= 0.3 is 5.97 Å². The van der Waals surface area contributed by atoms with Crippen molar-refractivity contribution < 1.29 is 14.7 Å². The van der Waals surface area contributed by atoms with Crippen molar-refractivity contribution >= 4 is 33.4 Å². The molecule has 0 spiro atoms. The van der Waals surface area contributed by atoms with Crippen LogP contribution in [0.5, 0.6) is 0 Å². The van der Waals surface area contributed by atoms with Gasteiger partial charge in [-0.1, -0.05) is 13.3 Å². The number of carbonyl (C=O) groups excluding carboxylic acids is 1. The summed E-state index contributed by atoms with van der Waals surface area (Å²) in [5.41, 5.74) is -0.258. The average molecular weight is 349 g/mol. The number of amides is 1. The van der Waals surface area contributed by atoms with Gasteiger partial charge in [-0.15, -0.1) is 11.3 Å². The summed E-state index contributed by atoms with van der Waals surface area (Å²) in [4.78, 5) is 26.0. The molecular weight excluding hydrogens is 326 g/mol. The van der Waals surface area contributed by atoms with Gasteiger partial charge in [0.1, 0.15) is 10.4 Å². The summed E-state index contributed by atoms with van der Waals surface area (Å²) in [6.07, 6.45) is 3.75. The SMILES string of the molecule is CCC1CCC(NC(=O)c2cc3c(C)nn(C)c3s2)(C(=O)O)CC1. The highest BCUT2D eigenvalue weighted by molar-refractivity contribution is 7.20. The highest BCUT2D eigenvalue weighted by Crippen LogP contribution is 2.35. The van der Waals surface area contributed by atoms with Gasteiger partial charge in [0.25, 0.3) is 5.91 Å². The first kappa shape index (κ1) is 17.0. The van der Waals surface area contributed by atoms with Gasteiger partial charge in [-0.3, -0.25) is 9.48 Å². The molecule has 1 amide bonds. The Morgan fingerprint density at radius 3 is 2.67 bits per heavy atom. The molecule has 0 radical (unpaired) electrons. The van der Waals surface area contributed by atoms with E-state index in [2.05, 4.69) is 17.3 Å². The molecule has 1 fully saturated rings. The van der Waals surface area contributed by atoms with Gasteiger partial charge in [0.2, 0.25) is 0 Å². The zero-order chi connectivity index (χ0) is 17.5. The highest BCUT2D eigenvalue weighted by atomic mass is 32.1. The number of carboxylic acids is 1. The minimum Gasteiger partial charge on any atom is -0.480 e. The van der Waals surface area contributed by atoms with Crippen LogP contribution in [-0.2, 0) is 11.8 Å². The van der Waals surface area contributed by atoms with Crippen LogP contribution in [0.1, 0.15) is 54.4 Å². The summed E-state index contributed by atoms with van der Waals surface area (Å²) in [7, 11) is 1.85. The molecule has 130 valence electrons. The normalized spacial score (nSPS) is 24.2. The van der Waals surface area contributed by atoms with E-state index in [1.54, 1.807) is 4.68 Å². The molecule has 6 nitrogen and oxygen atoms in total. The lowest BCUT2D eigenvalue weighted by Crippen LogP contribution is -2.56. The Hall–Kier alpha value is -1.89. The van der Waals surface area contributed by atoms with Crippen LogP contribution in [0.4, 0.5) is 0 Å². The van der Waals surface area contributed by atoms with Crippen LogP contribution in [0.25, 0.3) is 10.2 Å². The van der Waals surface area contributed by atoms with Gasteiger partial charge in [-0.2, -0.15) is 5.10 Å². The number of fused-ring (bicyclic) bond motifs is 1. The lowest BCUT2D eigenvalue weighted by atomic mass is 9.75. The second-order valence-electron chi connectivity index (χ2n) is 6.73. The van der Waals surface area contributed by atoms with Gasteiger partial charge < -0.3 is 10.4 Å². The molecule has 0 aromatic carbocycles. The van der Waals surface area contributed by atoms with Gasteiger partial charge in [-0.25, -0.2) is 4.79 Å². The van der Waals surface area contributed by atoms with Gasteiger partial charge in [0.05, 0.1) is 10.6 Å². The van der Waals surface area contributed by atoms with Crippen molar-refractivity contribution in [3.8, 4) is 0 Å². The van der Waals surface area contributed by atoms with E-state index in [9.17, 15) is 14.7 Å². The van der Waals surface area contributed by atoms with Crippen molar-refractivity contribution in [3.05, 3.63) is 16.6 Å². The van der Waals surface area contributed by atoms with Crippen LogP contribution >= 0.6 is 11.3 Å². The third-order valence-electron chi connectivity index (χ3n) is 5.22. The molecule has 1 aliphatic carbocycles. The van der Waals surface area contributed by atoms with E-state index in [0.29, 0.717) is 23.6 Å². The molecule has 0 bridgehead atoms. The second kappa shape index (κ2) is 6.20. The van der Waals surface area contributed by atoms with Crippen molar-refractivity contribution in [2.75, 3.05) is 0 Å². The number of rotatable bonds is 4. The van der Waals surface area contributed by atoms with Crippen LogP contribution in [0.2, 0.25) is 0 Å². The van der Waals surface area contributed by atoms with Gasteiger partial charge in [0.15, 0.2) is 0 Å². The second-order valence-corrected chi connectivity index (χ2v) is 7.76. The van der Waals surface area contributed by atoms with Crippen molar-refractivity contribution in [3.63, 3.8) is 0 Å². The predicted octanol–water partition coefficient (Wildman–Crippen LogP) is 3.10. The highest BCUT2D eigenvalue weighted by Gasteiger charge is 2.43. The maximum Gasteiger partial charge on any atom is 0.329 e. The Balaban J connectivity index is 1.83. The lowest BCUT2D eigenvalue weighted by molar-refractivity contribution is -0.146. The minimum atomic E-state index is -1.13. The standard InChI is InChI=1S/C17H23N3O3S/c1-4-11-5-7-17(8-6-11,16(22)23)18-14(21)13-9-12-10(2)19-20(3)15(12)24-13/h9,11H,4-8H2,1-3H3,(H,18,21)(H,22,23). The fourth-order valence-electron chi connectivity index (χ4n) is 3.57. The topological polar surface area (TPSA) is 84.2 Å². The number of nitrogens with one attached hydrogen (secondary N) is 1. The first-order chi connectivity index (χ1) is 11.4. The van der Waals surface area contributed by atoms with Gasteiger partial charge in [-0.05, 0) is 44.6 Å². The first-order valence-corrected chi connectivity index (χ1v) is 9.17. The molecule has 7 heteroatoms. The summed E-state index contributed by atoms with van der Waals surface area (Å²) >= 11 is 1.35. The number of thiophene rings is 1. The van der Waals surface area contributed by atoms with Crippen LogP contribution in [-0.4, -0.2) is 32.3 Å². The molecule has 0 atom stereocenters. The van der Waals surface area contributed by atoms with E-state index in [1.165, 1.54) is 11.3 Å². The molecular formula is C17H23N3O3S. The van der Waals surface area contributed by atoms with Crippen molar-refractivity contribution in [2.45, 2.75) is 51.5 Å². The number of hydrogen-bond acceptors (Lipinski definition) is 4. The molecule has 24 heavy (non-hydrogen) atoms. The third-order valence-corrected chi connectivity index (χ3v) is 6.42. The van der Waals surface area contributed by atoms with Crippen LogP contribution in [0, 0.1) is 12.8 Å². The molecule has 1 saturated carbocycles. The van der Waals surface area contributed by atoms with E-state index in [-0.39, 0.29) is 5.91 Å². The quantitative estimate of drug-likeness (QED) is 0.888. The van der Waals surface area contributed by atoms with Gasteiger partial charge in [0, 0.05) is 12.4 Å². The van der Waals surface area contributed by atoms with E-state index in [1.807, 2.05) is 20.0 Å². The molecule has 2 aromatic rings. The monoisotopic (exact) mass is 349 g/mol. The number of hydrogen-bond donors (Lipinski definition) is 2. The summed E-state index contributed by atoms with van der Waals surface area (Å²) < 4.78 is 1.76. The summed E-state index contributed by atoms with van der Waals surface area (Å²) in [5.74, 6) is -0.662. The van der Waals surface area contributed by atoms with E-state index in [0.717, 1.165) is 35.2 Å². The summed E-state index contributed by atoms with van der Waals surface area (Å²) in [5, 5.41) is 17.8. The fraction of sp³-hybridized carbons (Fsp3) is 0.588. The van der Waals surface area contributed by atoms with E-state index in [4.69, 9.17) is 0 Å². The zero-order valence-corrected chi connectivity index (χ0v) is 15.1. The number of carbonyl (C=O) groups is 2. The van der Waals surface area contributed by atoms with E-state index >= 15 is 0 Å².